The molecule has 6 nitrogen and oxygen atoms in total. The number of sulfone groups is 1. The molecule has 0 aromatic heterocycles. The van der Waals surface area contributed by atoms with E-state index in [0.29, 0.717) is 0 Å². The molecular formula is C10H13FN2O4S3. The topological polar surface area (TPSA) is 106 Å². The Morgan fingerprint density at radius 2 is 1.95 bits per heavy atom. The Hall–Kier alpha value is -1.10. The molecule has 0 saturated heterocycles. The molecule has 0 radical (unpaired) electrons. The first-order valence-electron chi connectivity index (χ1n) is 5.30. The molecule has 0 bridgehead atoms. The van der Waals surface area contributed by atoms with Crippen molar-refractivity contribution in [2.45, 2.75) is 4.90 Å². The van der Waals surface area contributed by atoms with E-state index in [2.05, 4.69) is 16.9 Å². The average Bonchev–Trinajstić information content (AvgIpc) is 2.25. The largest absolute Gasteiger partial charge is 0.389 e. The minimum absolute atomic E-state index is 0.325. The molecule has 0 saturated carbocycles. The normalized spacial score (nSPS) is 12.3. The van der Waals surface area contributed by atoms with Crippen molar-refractivity contribution in [2.75, 3.05) is 18.6 Å². The molecule has 112 valence electrons. The Morgan fingerprint density at radius 3 is 2.45 bits per heavy atom. The third-order valence-electron chi connectivity index (χ3n) is 2.28. The van der Waals surface area contributed by atoms with Crippen molar-refractivity contribution >= 4 is 37.1 Å². The lowest BCUT2D eigenvalue weighted by molar-refractivity contribution is 0.577. The van der Waals surface area contributed by atoms with Gasteiger partial charge in [-0.1, -0.05) is 18.3 Å². The Bertz CT molecular complexity index is 729. The lowest BCUT2D eigenvalue weighted by atomic mass is 10.2. The molecule has 0 atom stereocenters. The van der Waals surface area contributed by atoms with Gasteiger partial charge in [0.25, 0.3) is 0 Å². The highest BCUT2D eigenvalue weighted by atomic mass is 32.2. The van der Waals surface area contributed by atoms with Gasteiger partial charge in [-0.25, -0.2) is 25.9 Å². The van der Waals surface area contributed by atoms with Crippen LogP contribution in [0.1, 0.15) is 5.56 Å². The van der Waals surface area contributed by atoms with Crippen LogP contribution in [0.5, 0.6) is 0 Å². The van der Waals surface area contributed by atoms with Crippen molar-refractivity contribution in [1.29, 1.82) is 0 Å². The maximum Gasteiger partial charge on any atom is 0.241 e. The van der Waals surface area contributed by atoms with Gasteiger partial charge < -0.3 is 5.73 Å². The summed E-state index contributed by atoms with van der Waals surface area (Å²) < 4.78 is 61.6. The first-order chi connectivity index (χ1) is 9.04. The van der Waals surface area contributed by atoms with Crippen LogP contribution in [0, 0.1) is 5.82 Å². The molecule has 0 fully saturated rings. The zero-order chi connectivity index (χ0) is 15.6. The van der Waals surface area contributed by atoms with Crippen molar-refractivity contribution in [2.24, 2.45) is 5.73 Å². The number of hydrogen-bond acceptors (Lipinski definition) is 5. The van der Waals surface area contributed by atoms with Gasteiger partial charge >= 0.3 is 0 Å². The number of thiocarbonyl (C=S) groups is 1. The Labute approximate surface area is 122 Å². The van der Waals surface area contributed by atoms with Crippen LogP contribution in [0.3, 0.4) is 0 Å². The van der Waals surface area contributed by atoms with E-state index in [1.807, 2.05) is 0 Å². The van der Waals surface area contributed by atoms with Gasteiger partial charge in [-0.3, -0.25) is 0 Å². The minimum Gasteiger partial charge on any atom is -0.389 e. The molecule has 1 aromatic carbocycles. The molecule has 0 amide bonds. The van der Waals surface area contributed by atoms with Crippen molar-refractivity contribution < 1.29 is 21.2 Å². The fourth-order valence-corrected chi connectivity index (χ4v) is 3.54. The summed E-state index contributed by atoms with van der Waals surface area (Å²) in [7, 11) is -7.42. The smallest absolute Gasteiger partial charge is 0.241 e. The van der Waals surface area contributed by atoms with E-state index in [1.54, 1.807) is 0 Å². The summed E-state index contributed by atoms with van der Waals surface area (Å²) >= 11 is 4.63. The van der Waals surface area contributed by atoms with Crippen molar-refractivity contribution in [3.05, 3.63) is 29.6 Å². The molecule has 1 rings (SSSR count). The number of halogens is 1. The van der Waals surface area contributed by atoms with Gasteiger partial charge in [0, 0.05) is 12.8 Å². The van der Waals surface area contributed by atoms with Gasteiger partial charge in [0.15, 0.2) is 0 Å². The molecule has 3 N–H and O–H groups in total. The Kier molecular flexibility index (Phi) is 5.19. The van der Waals surface area contributed by atoms with Gasteiger partial charge in [0.2, 0.25) is 10.0 Å². The summed E-state index contributed by atoms with van der Waals surface area (Å²) in [6, 6.07) is 3.37. The quantitative estimate of drug-likeness (QED) is 0.694. The molecule has 0 unspecified atom stereocenters. The Balaban J connectivity index is 3.11. The van der Waals surface area contributed by atoms with Crippen LogP contribution in [0.2, 0.25) is 0 Å². The first kappa shape index (κ1) is 17.0. The van der Waals surface area contributed by atoms with Gasteiger partial charge in [-0.05, 0) is 12.1 Å². The maximum atomic E-state index is 13.6. The molecular weight excluding hydrogens is 327 g/mol. The predicted octanol–water partition coefficient (Wildman–Crippen LogP) is -0.217. The van der Waals surface area contributed by atoms with E-state index in [-0.39, 0.29) is 12.3 Å². The van der Waals surface area contributed by atoms with Crippen molar-refractivity contribution in [3.63, 3.8) is 0 Å². The van der Waals surface area contributed by atoms with Crippen LogP contribution in [0.15, 0.2) is 23.1 Å². The second-order valence-corrected chi connectivity index (χ2v) is 8.44. The summed E-state index contributed by atoms with van der Waals surface area (Å²) in [5.74, 6) is -1.23. The summed E-state index contributed by atoms with van der Waals surface area (Å²) in [5.41, 5.74) is 4.92. The van der Waals surface area contributed by atoms with E-state index in [4.69, 9.17) is 5.73 Å². The van der Waals surface area contributed by atoms with Crippen LogP contribution in [-0.2, 0) is 19.9 Å². The van der Waals surface area contributed by atoms with E-state index in [0.717, 1.165) is 18.4 Å². The van der Waals surface area contributed by atoms with E-state index in [1.165, 1.54) is 6.07 Å². The fourth-order valence-electron chi connectivity index (χ4n) is 1.41. The number of benzene rings is 1. The minimum atomic E-state index is -4.10. The van der Waals surface area contributed by atoms with Gasteiger partial charge in [0.05, 0.1) is 16.2 Å². The lowest BCUT2D eigenvalue weighted by Gasteiger charge is -2.11. The van der Waals surface area contributed by atoms with E-state index in [9.17, 15) is 21.2 Å². The highest BCUT2D eigenvalue weighted by Gasteiger charge is 2.22. The summed E-state index contributed by atoms with van der Waals surface area (Å²) in [6.45, 7) is -0.325. The monoisotopic (exact) mass is 340 g/mol. The van der Waals surface area contributed by atoms with Crippen LogP contribution >= 0.6 is 12.2 Å². The highest BCUT2D eigenvalue weighted by Crippen LogP contribution is 2.18. The highest BCUT2D eigenvalue weighted by molar-refractivity contribution is 7.91. The number of hydrogen-bond donors (Lipinski definition) is 2. The zero-order valence-corrected chi connectivity index (χ0v) is 12.9. The summed E-state index contributed by atoms with van der Waals surface area (Å²) in [5, 5.41) is 0. The van der Waals surface area contributed by atoms with Gasteiger partial charge in [0.1, 0.15) is 20.6 Å². The molecule has 1 aromatic rings. The average molecular weight is 340 g/mol. The number of rotatable bonds is 6. The molecule has 0 aliphatic rings. The Morgan fingerprint density at radius 1 is 1.35 bits per heavy atom. The summed E-state index contributed by atoms with van der Waals surface area (Å²) in [4.78, 5) is -0.815. The fraction of sp³-hybridized carbons (Fsp3) is 0.300. The number of sulfonamides is 1. The van der Waals surface area contributed by atoms with Crippen LogP contribution in [0.4, 0.5) is 4.39 Å². The van der Waals surface area contributed by atoms with E-state index >= 15 is 0 Å². The lowest BCUT2D eigenvalue weighted by Crippen LogP contribution is -2.31. The van der Waals surface area contributed by atoms with Gasteiger partial charge in [-0.15, -0.1) is 0 Å². The molecule has 0 aliphatic carbocycles. The van der Waals surface area contributed by atoms with E-state index < -0.39 is 41.1 Å². The van der Waals surface area contributed by atoms with Crippen LogP contribution < -0.4 is 10.5 Å². The van der Waals surface area contributed by atoms with Crippen molar-refractivity contribution in [1.82, 2.24) is 4.72 Å². The molecule has 10 heteroatoms. The number of nitrogens with two attached hydrogens (primary N) is 1. The number of nitrogens with one attached hydrogen (secondary N) is 1. The van der Waals surface area contributed by atoms with Crippen molar-refractivity contribution in [3.8, 4) is 0 Å². The third-order valence-corrected chi connectivity index (χ3v) is 4.93. The third kappa shape index (κ3) is 4.47. The molecule has 0 aliphatic heterocycles. The van der Waals surface area contributed by atoms with Gasteiger partial charge in [-0.2, -0.15) is 0 Å². The molecule has 0 heterocycles. The second-order valence-electron chi connectivity index (χ2n) is 4.00. The predicted molar refractivity (Wildman–Crippen MR) is 77.2 cm³/mol. The molecule has 20 heavy (non-hydrogen) atoms. The zero-order valence-electron chi connectivity index (χ0n) is 10.5. The maximum absolute atomic E-state index is 13.6. The SMILES string of the molecule is CS(=O)(=O)CCNS(=O)(=O)c1cccc(F)c1C(N)=S. The van der Waals surface area contributed by atoms with Crippen LogP contribution in [0.25, 0.3) is 0 Å². The summed E-state index contributed by atoms with van der Waals surface area (Å²) in [6.07, 6.45) is 0.976. The first-order valence-corrected chi connectivity index (χ1v) is 9.25. The standard InChI is InChI=1S/C10H13FN2O4S3/c1-19(14,15)6-5-13-20(16,17)8-4-2-3-7(11)9(8)10(12)18/h2-4,13H,5-6H2,1H3,(H2,12,18). The van der Waals surface area contributed by atoms with Crippen LogP contribution in [-0.4, -0.2) is 40.4 Å². The second kappa shape index (κ2) is 6.12. The molecule has 0 spiro atoms.